The summed E-state index contributed by atoms with van der Waals surface area (Å²) in [6.07, 6.45) is 7.36. The number of nitrogens with zero attached hydrogens (tertiary/aromatic N) is 3. The molecule has 0 aliphatic rings. The van der Waals surface area contributed by atoms with Crippen LogP contribution in [0.5, 0.6) is 0 Å². The molecular formula is C12H9N3. The van der Waals surface area contributed by atoms with Crippen molar-refractivity contribution in [3.05, 3.63) is 48.5 Å². The zero-order chi connectivity index (χ0) is 10.5. The maximum atomic E-state index is 8.71. The summed E-state index contributed by atoms with van der Waals surface area (Å²) >= 11 is 0. The highest BCUT2D eigenvalue weighted by molar-refractivity contribution is 5.66. The average molecular weight is 195 g/mol. The van der Waals surface area contributed by atoms with Crippen molar-refractivity contribution >= 4 is 0 Å². The third kappa shape index (κ3) is 2.00. The quantitative estimate of drug-likeness (QED) is 0.738. The van der Waals surface area contributed by atoms with Gasteiger partial charge >= 0.3 is 0 Å². The monoisotopic (exact) mass is 195 g/mol. The van der Waals surface area contributed by atoms with Gasteiger partial charge in [0.1, 0.15) is 0 Å². The fourth-order valence-electron chi connectivity index (χ4n) is 1.45. The zero-order valence-electron chi connectivity index (χ0n) is 8.09. The van der Waals surface area contributed by atoms with Crippen LogP contribution < -0.4 is 0 Å². The summed E-state index contributed by atoms with van der Waals surface area (Å²) in [5, 5.41) is 8.71. The molecule has 0 saturated heterocycles. The Labute approximate surface area is 88.1 Å². The second-order valence-corrected chi connectivity index (χ2v) is 3.10. The maximum absolute atomic E-state index is 8.71. The number of rotatable bonds is 2. The largest absolute Gasteiger partial charge is 0.265 e. The van der Waals surface area contributed by atoms with E-state index in [-0.39, 0.29) is 0 Å². The van der Waals surface area contributed by atoms with Gasteiger partial charge in [-0.2, -0.15) is 5.26 Å². The predicted octanol–water partition coefficient (Wildman–Crippen LogP) is 2.21. The molecule has 0 saturated carbocycles. The van der Waals surface area contributed by atoms with E-state index in [1.807, 2.05) is 18.2 Å². The first kappa shape index (κ1) is 9.35. The minimum atomic E-state index is 0.403. The highest BCUT2D eigenvalue weighted by Crippen LogP contribution is 2.21. The summed E-state index contributed by atoms with van der Waals surface area (Å²) in [7, 11) is 0. The molecule has 72 valence electrons. The topological polar surface area (TPSA) is 49.6 Å². The molecule has 0 N–H and O–H groups in total. The molecule has 0 bridgehead atoms. The smallest absolute Gasteiger partial charge is 0.0669 e. The van der Waals surface area contributed by atoms with Crippen LogP contribution in [0.15, 0.2) is 43.0 Å². The fourth-order valence-corrected chi connectivity index (χ4v) is 1.45. The van der Waals surface area contributed by atoms with Gasteiger partial charge in [0.15, 0.2) is 0 Å². The van der Waals surface area contributed by atoms with Gasteiger partial charge in [-0.15, -0.1) is 0 Å². The van der Waals surface area contributed by atoms with E-state index < -0.39 is 0 Å². The van der Waals surface area contributed by atoms with Crippen molar-refractivity contribution in [2.75, 3.05) is 0 Å². The van der Waals surface area contributed by atoms with Gasteiger partial charge in [0.05, 0.1) is 12.5 Å². The molecular weight excluding hydrogens is 186 g/mol. The van der Waals surface area contributed by atoms with Crippen LogP contribution in [0.3, 0.4) is 0 Å². The van der Waals surface area contributed by atoms with Gasteiger partial charge in [0.2, 0.25) is 0 Å². The molecule has 2 aromatic rings. The van der Waals surface area contributed by atoms with Crippen LogP contribution in [0.1, 0.15) is 5.56 Å². The molecule has 0 unspecified atom stereocenters. The van der Waals surface area contributed by atoms with Crippen molar-refractivity contribution in [3.63, 3.8) is 0 Å². The third-order valence-corrected chi connectivity index (χ3v) is 2.17. The Hall–Kier alpha value is -2.21. The lowest BCUT2D eigenvalue weighted by molar-refractivity contribution is 1.21. The Morgan fingerprint density at radius 1 is 1.07 bits per heavy atom. The Bertz CT molecular complexity index is 486. The van der Waals surface area contributed by atoms with Crippen molar-refractivity contribution < 1.29 is 0 Å². The van der Waals surface area contributed by atoms with Crippen molar-refractivity contribution in [1.29, 1.82) is 5.26 Å². The highest BCUT2D eigenvalue weighted by Gasteiger charge is 2.03. The maximum Gasteiger partial charge on any atom is 0.0669 e. The van der Waals surface area contributed by atoms with Crippen molar-refractivity contribution in [2.45, 2.75) is 6.42 Å². The van der Waals surface area contributed by atoms with Crippen LogP contribution in [-0.4, -0.2) is 9.97 Å². The van der Waals surface area contributed by atoms with Gasteiger partial charge in [-0.1, -0.05) is 0 Å². The molecule has 0 aliphatic carbocycles. The molecule has 2 heterocycles. The molecule has 0 fully saturated rings. The number of pyridine rings is 2. The van der Waals surface area contributed by atoms with Gasteiger partial charge in [0, 0.05) is 30.4 Å². The number of aromatic nitrogens is 2. The van der Waals surface area contributed by atoms with Crippen molar-refractivity contribution in [2.24, 2.45) is 0 Å². The predicted molar refractivity (Wildman–Crippen MR) is 56.8 cm³/mol. The van der Waals surface area contributed by atoms with Crippen LogP contribution in [0, 0.1) is 11.3 Å². The standard InChI is InChI=1S/C12H9N3/c13-5-1-10-4-8-15-9-12(10)11-2-6-14-7-3-11/h2-4,6-9H,1H2. The van der Waals surface area contributed by atoms with E-state index in [9.17, 15) is 0 Å². The summed E-state index contributed by atoms with van der Waals surface area (Å²) in [6.45, 7) is 0. The minimum Gasteiger partial charge on any atom is -0.265 e. The first-order chi connectivity index (χ1) is 7.42. The summed E-state index contributed by atoms with van der Waals surface area (Å²) in [6, 6.07) is 7.85. The number of hydrogen-bond donors (Lipinski definition) is 0. The molecule has 0 aliphatic heterocycles. The fraction of sp³-hybridized carbons (Fsp3) is 0.0833. The van der Waals surface area contributed by atoms with E-state index in [4.69, 9.17) is 5.26 Å². The second kappa shape index (κ2) is 4.34. The van der Waals surface area contributed by atoms with E-state index in [0.717, 1.165) is 16.7 Å². The molecule has 0 aromatic carbocycles. The average Bonchev–Trinajstić information content (AvgIpc) is 2.31. The number of nitriles is 1. The molecule has 0 amide bonds. The Morgan fingerprint density at radius 2 is 1.80 bits per heavy atom. The van der Waals surface area contributed by atoms with E-state index in [1.165, 1.54) is 0 Å². The first-order valence-corrected chi connectivity index (χ1v) is 4.62. The van der Waals surface area contributed by atoms with E-state index in [0.29, 0.717) is 6.42 Å². The van der Waals surface area contributed by atoms with Crippen LogP contribution in [0.4, 0.5) is 0 Å². The zero-order valence-corrected chi connectivity index (χ0v) is 8.09. The lowest BCUT2D eigenvalue weighted by Gasteiger charge is -2.04. The number of hydrogen-bond acceptors (Lipinski definition) is 3. The van der Waals surface area contributed by atoms with Gasteiger partial charge in [-0.05, 0) is 29.3 Å². The molecule has 3 heteroatoms. The van der Waals surface area contributed by atoms with Crippen molar-refractivity contribution in [1.82, 2.24) is 9.97 Å². The lowest BCUT2D eigenvalue weighted by Crippen LogP contribution is -1.89. The summed E-state index contributed by atoms with van der Waals surface area (Å²) in [5.74, 6) is 0. The van der Waals surface area contributed by atoms with Crippen LogP contribution >= 0.6 is 0 Å². The summed E-state index contributed by atoms with van der Waals surface area (Å²) in [5.41, 5.74) is 3.04. The van der Waals surface area contributed by atoms with Crippen LogP contribution in [-0.2, 0) is 6.42 Å². The SMILES string of the molecule is N#CCc1ccncc1-c1ccncc1. The van der Waals surface area contributed by atoms with Gasteiger partial charge in [0.25, 0.3) is 0 Å². The summed E-state index contributed by atoms with van der Waals surface area (Å²) in [4.78, 5) is 8.04. The molecule has 0 radical (unpaired) electrons. The van der Waals surface area contributed by atoms with Crippen molar-refractivity contribution in [3.8, 4) is 17.2 Å². The molecule has 2 aromatic heterocycles. The molecule has 15 heavy (non-hydrogen) atoms. The highest BCUT2D eigenvalue weighted by atomic mass is 14.6. The first-order valence-electron chi connectivity index (χ1n) is 4.62. The Balaban J connectivity index is 2.49. The van der Waals surface area contributed by atoms with E-state index in [2.05, 4.69) is 16.0 Å². The van der Waals surface area contributed by atoms with Gasteiger partial charge < -0.3 is 0 Å². The lowest BCUT2D eigenvalue weighted by atomic mass is 10.0. The molecule has 3 nitrogen and oxygen atoms in total. The van der Waals surface area contributed by atoms with Crippen LogP contribution in [0.2, 0.25) is 0 Å². The third-order valence-electron chi connectivity index (χ3n) is 2.17. The Morgan fingerprint density at radius 3 is 2.53 bits per heavy atom. The second-order valence-electron chi connectivity index (χ2n) is 3.10. The van der Waals surface area contributed by atoms with E-state index in [1.54, 1.807) is 24.8 Å². The molecule has 0 atom stereocenters. The molecule has 0 spiro atoms. The minimum absolute atomic E-state index is 0.403. The Kier molecular flexibility index (Phi) is 2.70. The van der Waals surface area contributed by atoms with Gasteiger partial charge in [-0.3, -0.25) is 9.97 Å². The van der Waals surface area contributed by atoms with E-state index >= 15 is 0 Å². The molecule has 2 rings (SSSR count). The normalized spacial score (nSPS) is 9.53. The summed E-state index contributed by atoms with van der Waals surface area (Å²) < 4.78 is 0. The van der Waals surface area contributed by atoms with Crippen LogP contribution in [0.25, 0.3) is 11.1 Å². The van der Waals surface area contributed by atoms with Gasteiger partial charge in [-0.25, -0.2) is 0 Å².